The number of carbonyl (C=O) groups is 2. The maximum Gasteiger partial charge on any atom is 0.254 e. The van der Waals surface area contributed by atoms with Crippen LogP contribution in [0.3, 0.4) is 0 Å². The third-order valence-electron chi connectivity index (χ3n) is 6.43. The monoisotopic (exact) mass is 512 g/mol. The van der Waals surface area contributed by atoms with Crippen molar-refractivity contribution in [3.05, 3.63) is 102 Å². The SMILES string of the molecule is COc1cc(C(=O)N2CCN(C(=O)C=C(C=Cc3ccccc3)c3ccccc3)CC2)cc(OC)c1OC. The Balaban J connectivity index is 1.47. The van der Waals surface area contributed by atoms with E-state index in [4.69, 9.17) is 14.2 Å². The van der Waals surface area contributed by atoms with Gasteiger partial charge in [-0.3, -0.25) is 9.59 Å². The fourth-order valence-electron chi connectivity index (χ4n) is 4.35. The van der Waals surface area contributed by atoms with Crippen molar-refractivity contribution in [1.82, 2.24) is 9.80 Å². The number of nitrogens with zero attached hydrogens (tertiary/aromatic N) is 2. The second-order valence-corrected chi connectivity index (χ2v) is 8.74. The van der Waals surface area contributed by atoms with Crippen LogP contribution in [-0.2, 0) is 4.79 Å². The normalized spacial score (nSPS) is 13.9. The molecule has 38 heavy (non-hydrogen) atoms. The van der Waals surface area contributed by atoms with E-state index in [0.717, 1.165) is 16.7 Å². The molecule has 0 N–H and O–H groups in total. The molecule has 7 heteroatoms. The minimum atomic E-state index is -0.150. The van der Waals surface area contributed by atoms with Crippen LogP contribution in [0.2, 0.25) is 0 Å². The molecule has 4 rings (SSSR count). The van der Waals surface area contributed by atoms with Gasteiger partial charge < -0.3 is 24.0 Å². The Bertz CT molecular complexity index is 1290. The summed E-state index contributed by atoms with van der Waals surface area (Å²) in [6.07, 6.45) is 5.64. The number of piperazine rings is 1. The molecule has 0 saturated carbocycles. The maximum absolute atomic E-state index is 13.2. The van der Waals surface area contributed by atoms with Gasteiger partial charge in [0.1, 0.15) is 0 Å². The highest BCUT2D eigenvalue weighted by atomic mass is 16.5. The summed E-state index contributed by atoms with van der Waals surface area (Å²) in [6, 6.07) is 23.1. The second-order valence-electron chi connectivity index (χ2n) is 8.74. The number of amides is 2. The third kappa shape index (κ3) is 6.24. The van der Waals surface area contributed by atoms with Crippen molar-refractivity contribution in [3.8, 4) is 17.2 Å². The average Bonchev–Trinajstić information content (AvgIpc) is 2.98. The minimum Gasteiger partial charge on any atom is -0.493 e. The summed E-state index contributed by atoms with van der Waals surface area (Å²) in [7, 11) is 4.55. The summed E-state index contributed by atoms with van der Waals surface area (Å²) in [5, 5.41) is 0. The first-order valence-corrected chi connectivity index (χ1v) is 12.4. The third-order valence-corrected chi connectivity index (χ3v) is 6.43. The molecule has 0 radical (unpaired) electrons. The zero-order valence-corrected chi connectivity index (χ0v) is 21.9. The number of hydrogen-bond donors (Lipinski definition) is 0. The summed E-state index contributed by atoms with van der Waals surface area (Å²) in [6.45, 7) is 1.73. The van der Waals surface area contributed by atoms with E-state index in [1.807, 2.05) is 72.8 Å². The van der Waals surface area contributed by atoms with Crippen LogP contribution < -0.4 is 14.2 Å². The van der Waals surface area contributed by atoms with Gasteiger partial charge in [0.05, 0.1) is 21.3 Å². The number of methoxy groups -OCH3 is 3. The molecule has 3 aromatic rings. The smallest absolute Gasteiger partial charge is 0.254 e. The van der Waals surface area contributed by atoms with Crippen molar-refractivity contribution in [3.63, 3.8) is 0 Å². The van der Waals surface area contributed by atoms with Crippen LogP contribution in [0.4, 0.5) is 0 Å². The maximum atomic E-state index is 13.2. The fourth-order valence-corrected chi connectivity index (χ4v) is 4.35. The predicted molar refractivity (Wildman–Crippen MR) is 148 cm³/mol. The van der Waals surface area contributed by atoms with Crippen LogP contribution in [-0.4, -0.2) is 69.1 Å². The highest BCUT2D eigenvalue weighted by molar-refractivity contribution is 5.99. The van der Waals surface area contributed by atoms with Crippen LogP contribution in [0, 0.1) is 0 Å². The molecule has 1 fully saturated rings. The van der Waals surface area contributed by atoms with Crippen LogP contribution in [0.5, 0.6) is 17.2 Å². The topological polar surface area (TPSA) is 68.3 Å². The summed E-state index contributed by atoms with van der Waals surface area (Å²) in [5.74, 6) is 1.05. The van der Waals surface area contributed by atoms with Gasteiger partial charge in [0.15, 0.2) is 11.5 Å². The lowest BCUT2D eigenvalue weighted by molar-refractivity contribution is -0.127. The standard InChI is InChI=1S/C31H32N2O5/c1-36-27-20-26(21-28(37-2)30(27)38-3)31(35)33-18-16-32(17-19-33)29(34)22-25(24-12-8-5-9-13-24)15-14-23-10-6-4-7-11-23/h4-15,20-22H,16-19H2,1-3H3. The van der Waals surface area contributed by atoms with E-state index in [-0.39, 0.29) is 11.8 Å². The molecule has 7 nitrogen and oxygen atoms in total. The van der Waals surface area contributed by atoms with E-state index >= 15 is 0 Å². The molecule has 3 aromatic carbocycles. The molecule has 1 aliphatic heterocycles. The molecule has 196 valence electrons. The highest BCUT2D eigenvalue weighted by Gasteiger charge is 2.26. The number of benzene rings is 3. The van der Waals surface area contributed by atoms with Crippen molar-refractivity contribution >= 4 is 23.5 Å². The Kier molecular flexibility index (Phi) is 8.82. The van der Waals surface area contributed by atoms with Gasteiger partial charge in [-0.25, -0.2) is 0 Å². The molecule has 1 aliphatic rings. The van der Waals surface area contributed by atoms with Gasteiger partial charge in [0.25, 0.3) is 5.91 Å². The first kappa shape index (κ1) is 26.5. The molecular weight excluding hydrogens is 480 g/mol. The zero-order valence-electron chi connectivity index (χ0n) is 21.9. The van der Waals surface area contributed by atoms with E-state index in [1.54, 1.807) is 28.0 Å². The Morgan fingerprint density at radius 1 is 0.711 bits per heavy atom. The van der Waals surface area contributed by atoms with Gasteiger partial charge >= 0.3 is 0 Å². The Hall–Kier alpha value is -4.52. The molecular formula is C31H32N2O5. The lowest BCUT2D eigenvalue weighted by Crippen LogP contribution is -2.50. The number of allylic oxidation sites excluding steroid dienone is 2. The predicted octanol–water partition coefficient (Wildman–Crippen LogP) is 4.79. The van der Waals surface area contributed by atoms with E-state index < -0.39 is 0 Å². The largest absolute Gasteiger partial charge is 0.493 e. The molecule has 1 heterocycles. The molecule has 0 aliphatic carbocycles. The Morgan fingerprint density at radius 2 is 1.26 bits per heavy atom. The van der Waals surface area contributed by atoms with Gasteiger partial charge in [0, 0.05) is 37.8 Å². The summed E-state index contributed by atoms with van der Waals surface area (Å²) >= 11 is 0. The van der Waals surface area contributed by atoms with Crippen molar-refractivity contribution < 1.29 is 23.8 Å². The van der Waals surface area contributed by atoms with Crippen molar-refractivity contribution in [2.45, 2.75) is 0 Å². The fraction of sp³-hybridized carbons (Fsp3) is 0.226. The van der Waals surface area contributed by atoms with Crippen molar-refractivity contribution in [2.75, 3.05) is 47.5 Å². The minimum absolute atomic E-state index is 0.0820. The van der Waals surface area contributed by atoms with E-state index in [9.17, 15) is 9.59 Å². The van der Waals surface area contributed by atoms with E-state index in [0.29, 0.717) is 49.0 Å². The van der Waals surface area contributed by atoms with Gasteiger partial charge in [-0.15, -0.1) is 0 Å². The number of hydrogen-bond acceptors (Lipinski definition) is 5. The van der Waals surface area contributed by atoms with E-state index in [1.165, 1.54) is 21.3 Å². The summed E-state index contributed by atoms with van der Waals surface area (Å²) < 4.78 is 16.1. The molecule has 0 spiro atoms. The van der Waals surface area contributed by atoms with Crippen molar-refractivity contribution in [2.24, 2.45) is 0 Å². The first-order chi connectivity index (χ1) is 18.5. The van der Waals surface area contributed by atoms with Crippen LogP contribution in [0.1, 0.15) is 21.5 Å². The lowest BCUT2D eigenvalue weighted by atomic mass is 10.0. The van der Waals surface area contributed by atoms with Crippen molar-refractivity contribution in [1.29, 1.82) is 0 Å². The van der Waals surface area contributed by atoms with Crippen LogP contribution in [0.25, 0.3) is 11.6 Å². The van der Waals surface area contributed by atoms with Crippen LogP contribution >= 0.6 is 0 Å². The molecule has 0 atom stereocenters. The number of rotatable bonds is 8. The molecule has 0 bridgehead atoms. The van der Waals surface area contributed by atoms with Gasteiger partial charge in [-0.2, -0.15) is 0 Å². The number of carbonyl (C=O) groups excluding carboxylic acids is 2. The molecule has 0 unspecified atom stereocenters. The molecule has 2 amide bonds. The van der Waals surface area contributed by atoms with Crippen LogP contribution in [0.15, 0.2) is 84.9 Å². The quantitative estimate of drug-likeness (QED) is 0.321. The Labute approximate surface area is 223 Å². The Morgan fingerprint density at radius 3 is 1.82 bits per heavy atom. The van der Waals surface area contributed by atoms with Gasteiger partial charge in [-0.05, 0) is 28.8 Å². The molecule has 0 aromatic heterocycles. The first-order valence-electron chi connectivity index (χ1n) is 12.4. The van der Waals surface area contributed by atoms with Gasteiger partial charge in [0.2, 0.25) is 11.7 Å². The lowest BCUT2D eigenvalue weighted by Gasteiger charge is -2.34. The zero-order chi connectivity index (χ0) is 26.9. The average molecular weight is 513 g/mol. The highest BCUT2D eigenvalue weighted by Crippen LogP contribution is 2.38. The summed E-state index contributed by atoms with van der Waals surface area (Å²) in [4.78, 5) is 30.0. The van der Waals surface area contributed by atoms with Gasteiger partial charge in [-0.1, -0.05) is 72.8 Å². The number of ether oxygens (including phenoxy) is 3. The molecule has 1 saturated heterocycles. The van der Waals surface area contributed by atoms with E-state index in [2.05, 4.69) is 0 Å². The second kappa shape index (κ2) is 12.6. The summed E-state index contributed by atoms with van der Waals surface area (Å²) in [5.41, 5.74) is 3.29.